The Hall–Kier alpha value is -3.10. The molecule has 1 aromatic heterocycles. The number of ether oxygens (including phenoxy) is 1. The van der Waals surface area contributed by atoms with E-state index in [1.54, 1.807) is 35.4 Å². The summed E-state index contributed by atoms with van der Waals surface area (Å²) in [4.78, 5) is 18.5. The third-order valence-electron chi connectivity index (χ3n) is 4.82. The molecular formula is C21H18ClN3O4S. The number of halogens is 1. The van der Waals surface area contributed by atoms with Crippen LogP contribution in [-0.2, 0) is 16.4 Å². The molecule has 9 heteroatoms. The molecule has 0 atom stereocenters. The Morgan fingerprint density at radius 3 is 2.73 bits per heavy atom. The average molecular weight is 444 g/mol. The Balaban J connectivity index is 1.61. The highest BCUT2D eigenvalue weighted by atomic mass is 35.5. The normalized spacial score (nSPS) is 13.1. The Labute approximate surface area is 179 Å². The fourth-order valence-electron chi connectivity index (χ4n) is 3.33. The number of pyridine rings is 1. The van der Waals surface area contributed by atoms with Crippen LogP contribution in [-0.4, -0.2) is 33.0 Å². The summed E-state index contributed by atoms with van der Waals surface area (Å²) in [6.07, 6.45) is 3.82. The van der Waals surface area contributed by atoms with E-state index in [1.807, 2.05) is 6.07 Å². The Bertz CT molecular complexity index is 1220. The largest absolute Gasteiger partial charge is 0.495 e. The number of hydrogen-bond donors (Lipinski definition) is 1. The highest BCUT2D eigenvalue weighted by Gasteiger charge is 2.26. The first-order chi connectivity index (χ1) is 14.4. The number of hydrogen-bond acceptors (Lipinski definition) is 5. The summed E-state index contributed by atoms with van der Waals surface area (Å²) in [5.74, 6) is 0.210. The van der Waals surface area contributed by atoms with Crippen LogP contribution in [0.2, 0.25) is 5.02 Å². The minimum atomic E-state index is -3.87. The Kier molecular flexibility index (Phi) is 5.36. The molecule has 154 valence electrons. The number of aromatic nitrogens is 1. The summed E-state index contributed by atoms with van der Waals surface area (Å²) in [6, 6.07) is 12.8. The standard InChI is InChI=1S/C21H18ClN3O4S/c1-29-20-7-6-17(12-18(20)22)30(27,28)24-16-5-4-14-8-10-25(19(14)11-16)21(26)15-3-2-9-23-13-15/h2-7,9,11-13,24H,8,10H2,1H3. The molecule has 0 spiro atoms. The number of fused-ring (bicyclic) bond motifs is 1. The second kappa shape index (κ2) is 7.97. The van der Waals surface area contributed by atoms with Gasteiger partial charge in [-0.3, -0.25) is 14.5 Å². The van der Waals surface area contributed by atoms with E-state index in [2.05, 4.69) is 9.71 Å². The molecule has 0 bridgehead atoms. The predicted molar refractivity (Wildman–Crippen MR) is 115 cm³/mol. The zero-order valence-electron chi connectivity index (χ0n) is 16.0. The van der Waals surface area contributed by atoms with Crippen molar-refractivity contribution in [2.45, 2.75) is 11.3 Å². The van der Waals surface area contributed by atoms with Crippen molar-refractivity contribution in [3.8, 4) is 5.75 Å². The van der Waals surface area contributed by atoms with Crippen LogP contribution in [0.3, 0.4) is 0 Å². The molecule has 4 rings (SSSR count). The molecule has 0 saturated carbocycles. The maximum Gasteiger partial charge on any atom is 0.261 e. The van der Waals surface area contributed by atoms with Crippen LogP contribution in [0.25, 0.3) is 0 Å². The summed E-state index contributed by atoms with van der Waals surface area (Å²) in [6.45, 7) is 0.521. The number of nitrogens with one attached hydrogen (secondary N) is 1. The Morgan fingerprint density at radius 1 is 1.20 bits per heavy atom. The number of methoxy groups -OCH3 is 1. The summed E-state index contributed by atoms with van der Waals surface area (Å²) in [5, 5.41) is 0.197. The third-order valence-corrected chi connectivity index (χ3v) is 6.49. The lowest BCUT2D eigenvalue weighted by molar-refractivity contribution is 0.0989. The van der Waals surface area contributed by atoms with Crippen molar-refractivity contribution in [1.29, 1.82) is 0 Å². The first kappa shape index (κ1) is 20.2. The van der Waals surface area contributed by atoms with E-state index in [0.717, 1.165) is 5.56 Å². The lowest BCUT2D eigenvalue weighted by Gasteiger charge is -2.18. The van der Waals surface area contributed by atoms with E-state index in [1.165, 1.54) is 31.5 Å². The minimum absolute atomic E-state index is 0.0112. The topological polar surface area (TPSA) is 88.6 Å². The van der Waals surface area contributed by atoms with Gasteiger partial charge in [0.05, 0.1) is 28.3 Å². The average Bonchev–Trinajstić information content (AvgIpc) is 3.16. The van der Waals surface area contributed by atoms with Gasteiger partial charge in [-0.05, 0) is 54.4 Å². The highest BCUT2D eigenvalue weighted by molar-refractivity contribution is 7.92. The van der Waals surface area contributed by atoms with Crippen molar-refractivity contribution in [2.75, 3.05) is 23.3 Å². The third kappa shape index (κ3) is 3.83. The zero-order chi connectivity index (χ0) is 21.3. The molecule has 2 aromatic carbocycles. The molecule has 7 nitrogen and oxygen atoms in total. The van der Waals surface area contributed by atoms with Crippen LogP contribution >= 0.6 is 11.6 Å². The van der Waals surface area contributed by atoms with Crippen LogP contribution in [0.15, 0.2) is 65.8 Å². The van der Waals surface area contributed by atoms with Gasteiger partial charge in [-0.2, -0.15) is 0 Å². The number of amides is 1. The first-order valence-electron chi connectivity index (χ1n) is 9.10. The van der Waals surface area contributed by atoms with Crippen LogP contribution in [0.5, 0.6) is 5.75 Å². The molecule has 1 aliphatic heterocycles. The lowest BCUT2D eigenvalue weighted by atomic mass is 10.1. The molecule has 0 radical (unpaired) electrons. The summed E-state index contributed by atoms with van der Waals surface area (Å²) >= 11 is 6.06. The predicted octanol–water partition coefficient (Wildman–Crippen LogP) is 3.75. The molecule has 3 aromatic rings. The number of benzene rings is 2. The van der Waals surface area contributed by atoms with Gasteiger partial charge in [0.2, 0.25) is 0 Å². The van der Waals surface area contributed by atoms with E-state index < -0.39 is 10.0 Å². The van der Waals surface area contributed by atoms with Gasteiger partial charge >= 0.3 is 0 Å². The van der Waals surface area contributed by atoms with E-state index in [0.29, 0.717) is 35.7 Å². The maximum atomic E-state index is 12.8. The second-order valence-electron chi connectivity index (χ2n) is 6.69. The van der Waals surface area contributed by atoms with Crippen LogP contribution in [0.4, 0.5) is 11.4 Å². The zero-order valence-corrected chi connectivity index (χ0v) is 17.6. The maximum absolute atomic E-state index is 12.8. The van der Waals surface area contributed by atoms with Crippen molar-refractivity contribution < 1.29 is 17.9 Å². The molecule has 0 saturated heterocycles. The fourth-order valence-corrected chi connectivity index (χ4v) is 4.72. The number of anilines is 2. The van der Waals surface area contributed by atoms with Crippen molar-refractivity contribution >= 4 is 38.9 Å². The van der Waals surface area contributed by atoms with Gasteiger partial charge in [-0.25, -0.2) is 8.42 Å². The summed E-state index contributed by atoms with van der Waals surface area (Å²) in [7, 11) is -2.42. The summed E-state index contributed by atoms with van der Waals surface area (Å²) in [5.41, 5.74) is 2.48. The van der Waals surface area contributed by atoms with Crippen LogP contribution < -0.4 is 14.4 Å². The molecule has 1 N–H and O–H groups in total. The van der Waals surface area contributed by atoms with E-state index >= 15 is 0 Å². The van der Waals surface area contributed by atoms with Crippen molar-refractivity contribution in [3.63, 3.8) is 0 Å². The number of carbonyl (C=O) groups excluding carboxylic acids is 1. The van der Waals surface area contributed by atoms with Crippen molar-refractivity contribution in [1.82, 2.24) is 4.98 Å². The van der Waals surface area contributed by atoms with Crippen molar-refractivity contribution in [3.05, 3.63) is 77.1 Å². The van der Waals surface area contributed by atoms with E-state index in [4.69, 9.17) is 16.3 Å². The summed E-state index contributed by atoms with van der Waals surface area (Å²) < 4.78 is 33.2. The van der Waals surface area contributed by atoms with Gasteiger partial charge < -0.3 is 9.64 Å². The Morgan fingerprint density at radius 2 is 2.03 bits per heavy atom. The smallest absolute Gasteiger partial charge is 0.261 e. The number of sulfonamides is 1. The van der Waals surface area contributed by atoms with E-state index in [-0.39, 0.29) is 15.8 Å². The first-order valence-corrected chi connectivity index (χ1v) is 11.0. The number of carbonyl (C=O) groups is 1. The second-order valence-corrected chi connectivity index (χ2v) is 8.78. The van der Waals surface area contributed by atoms with Crippen molar-refractivity contribution in [2.24, 2.45) is 0 Å². The fraction of sp³-hybridized carbons (Fsp3) is 0.143. The molecule has 1 amide bonds. The van der Waals surface area contributed by atoms with Gasteiger partial charge in [-0.15, -0.1) is 0 Å². The van der Waals surface area contributed by atoms with Gasteiger partial charge in [0, 0.05) is 24.6 Å². The molecule has 0 aliphatic carbocycles. The molecular weight excluding hydrogens is 426 g/mol. The lowest BCUT2D eigenvalue weighted by Crippen LogP contribution is -2.29. The molecule has 30 heavy (non-hydrogen) atoms. The van der Waals surface area contributed by atoms with E-state index in [9.17, 15) is 13.2 Å². The monoisotopic (exact) mass is 443 g/mol. The number of nitrogens with zero attached hydrogens (tertiary/aromatic N) is 2. The quantitative estimate of drug-likeness (QED) is 0.648. The minimum Gasteiger partial charge on any atom is -0.495 e. The molecule has 0 unspecified atom stereocenters. The highest BCUT2D eigenvalue weighted by Crippen LogP contribution is 2.33. The van der Waals surface area contributed by atoms with Crippen LogP contribution in [0, 0.1) is 0 Å². The molecule has 1 aliphatic rings. The van der Waals surface area contributed by atoms with Crippen LogP contribution in [0.1, 0.15) is 15.9 Å². The van der Waals surface area contributed by atoms with Gasteiger partial charge in [0.1, 0.15) is 5.75 Å². The van der Waals surface area contributed by atoms with Gasteiger partial charge in [-0.1, -0.05) is 17.7 Å². The SMILES string of the molecule is COc1ccc(S(=O)(=O)Nc2ccc3c(c2)N(C(=O)c2cccnc2)CC3)cc1Cl. The molecule has 0 fully saturated rings. The number of rotatable bonds is 5. The molecule has 2 heterocycles. The van der Waals surface area contributed by atoms with Gasteiger partial charge in [0.15, 0.2) is 0 Å². The van der Waals surface area contributed by atoms with Gasteiger partial charge in [0.25, 0.3) is 15.9 Å².